The van der Waals surface area contributed by atoms with E-state index in [1.54, 1.807) is 0 Å². The van der Waals surface area contributed by atoms with Crippen LogP contribution in [0.25, 0.3) is 0 Å². The van der Waals surface area contributed by atoms with E-state index in [-0.39, 0.29) is 12.2 Å². The summed E-state index contributed by atoms with van der Waals surface area (Å²) < 4.78 is 0. The van der Waals surface area contributed by atoms with Crippen LogP contribution < -0.4 is 0 Å². The van der Waals surface area contributed by atoms with Crippen LogP contribution in [0, 0.1) is 0 Å². The Hall–Kier alpha value is -0.160. The highest BCUT2D eigenvalue weighted by Crippen LogP contribution is 2.10. The molecule has 0 saturated heterocycles. The van der Waals surface area contributed by atoms with Gasteiger partial charge in [0.1, 0.15) is 0 Å². The van der Waals surface area contributed by atoms with Crippen LogP contribution in [0.1, 0.15) is 110 Å². The zero-order chi connectivity index (χ0) is 21.7. The fourth-order valence-electron chi connectivity index (χ4n) is 4.02. The molecule has 0 aliphatic rings. The van der Waals surface area contributed by atoms with Gasteiger partial charge in [0.25, 0.3) is 0 Å². The summed E-state index contributed by atoms with van der Waals surface area (Å²) in [6, 6.07) is 0. The number of aliphatic hydroxyl groups excluding tert-OH is 2. The molecule has 0 bridgehead atoms. The SMILES string of the molecule is CCCCCCCCC(O)CN(C)CCCN(C)CC(O)CCCCCCCC. The molecule has 0 fully saturated rings. The van der Waals surface area contributed by atoms with Gasteiger partial charge in [0.15, 0.2) is 0 Å². The first-order valence-electron chi connectivity index (χ1n) is 12.7. The number of aliphatic hydroxyl groups is 2. The number of likely N-dealkylation sites (N-methyl/N-ethyl adjacent to an activating group) is 2. The Morgan fingerprint density at radius 2 is 0.862 bits per heavy atom. The lowest BCUT2D eigenvalue weighted by Crippen LogP contribution is -2.34. The number of hydrogen-bond acceptors (Lipinski definition) is 4. The van der Waals surface area contributed by atoms with Crippen LogP contribution in [0.2, 0.25) is 0 Å². The van der Waals surface area contributed by atoms with Crippen LogP contribution >= 0.6 is 0 Å². The largest absolute Gasteiger partial charge is 0.392 e. The van der Waals surface area contributed by atoms with E-state index in [2.05, 4.69) is 37.7 Å². The quantitative estimate of drug-likeness (QED) is 0.231. The molecular weight excluding hydrogens is 360 g/mol. The Balaban J connectivity index is 3.59. The normalized spacial score (nSPS) is 14.1. The number of rotatable bonds is 22. The lowest BCUT2D eigenvalue weighted by Gasteiger charge is -2.24. The molecule has 0 aliphatic heterocycles. The Morgan fingerprint density at radius 1 is 0.517 bits per heavy atom. The molecule has 29 heavy (non-hydrogen) atoms. The van der Waals surface area contributed by atoms with Gasteiger partial charge in [0.05, 0.1) is 12.2 Å². The van der Waals surface area contributed by atoms with Gasteiger partial charge in [-0.15, -0.1) is 0 Å². The standard InChI is InChI=1S/C25H54N2O2/c1-5-7-9-11-13-15-18-24(28)22-26(3)20-17-21-27(4)23-25(29)19-16-14-12-10-8-6-2/h24-25,28-29H,5-23H2,1-4H3. The first-order chi connectivity index (χ1) is 14.0. The van der Waals surface area contributed by atoms with E-state index in [0.717, 1.165) is 58.3 Å². The predicted octanol–water partition coefficient (Wildman–Crippen LogP) is 5.46. The van der Waals surface area contributed by atoms with E-state index in [9.17, 15) is 10.2 Å². The lowest BCUT2D eigenvalue weighted by atomic mass is 10.1. The van der Waals surface area contributed by atoms with Gasteiger partial charge in [-0.05, 0) is 46.4 Å². The molecule has 0 amide bonds. The van der Waals surface area contributed by atoms with Crippen LogP contribution in [0.5, 0.6) is 0 Å². The van der Waals surface area contributed by atoms with E-state index in [0.29, 0.717) is 0 Å². The minimum atomic E-state index is -0.192. The van der Waals surface area contributed by atoms with Crippen LogP contribution in [0.4, 0.5) is 0 Å². The molecule has 2 N–H and O–H groups in total. The average molecular weight is 415 g/mol. The van der Waals surface area contributed by atoms with Crippen LogP contribution in [0.15, 0.2) is 0 Å². The lowest BCUT2D eigenvalue weighted by molar-refractivity contribution is 0.104. The third-order valence-electron chi connectivity index (χ3n) is 5.91. The zero-order valence-corrected chi connectivity index (χ0v) is 20.4. The highest BCUT2D eigenvalue weighted by atomic mass is 16.3. The topological polar surface area (TPSA) is 46.9 Å². The summed E-state index contributed by atoms with van der Waals surface area (Å²) in [4.78, 5) is 4.50. The maximum atomic E-state index is 10.2. The molecule has 0 aromatic heterocycles. The molecule has 4 heteroatoms. The van der Waals surface area contributed by atoms with Gasteiger partial charge in [0.2, 0.25) is 0 Å². The summed E-state index contributed by atoms with van der Waals surface area (Å²) >= 11 is 0. The molecule has 176 valence electrons. The third-order valence-corrected chi connectivity index (χ3v) is 5.91. The molecule has 2 unspecified atom stereocenters. The van der Waals surface area contributed by atoms with Crippen molar-refractivity contribution in [3.63, 3.8) is 0 Å². The van der Waals surface area contributed by atoms with Crippen LogP contribution in [0.3, 0.4) is 0 Å². The van der Waals surface area contributed by atoms with E-state index < -0.39 is 0 Å². The maximum Gasteiger partial charge on any atom is 0.0667 e. The predicted molar refractivity (Wildman–Crippen MR) is 128 cm³/mol. The fraction of sp³-hybridized carbons (Fsp3) is 1.00. The van der Waals surface area contributed by atoms with Gasteiger partial charge < -0.3 is 20.0 Å². The second kappa shape index (κ2) is 21.1. The summed E-state index contributed by atoms with van der Waals surface area (Å²) in [5.74, 6) is 0. The van der Waals surface area contributed by atoms with Crippen molar-refractivity contribution in [2.45, 2.75) is 122 Å². The number of hydrogen-bond donors (Lipinski definition) is 2. The van der Waals surface area contributed by atoms with Gasteiger partial charge >= 0.3 is 0 Å². The highest BCUT2D eigenvalue weighted by molar-refractivity contribution is 4.65. The van der Waals surface area contributed by atoms with E-state index in [4.69, 9.17) is 0 Å². The second-order valence-corrected chi connectivity index (χ2v) is 9.30. The average Bonchev–Trinajstić information content (AvgIpc) is 2.67. The minimum absolute atomic E-state index is 0.192. The van der Waals surface area contributed by atoms with E-state index in [1.807, 2.05) is 0 Å². The highest BCUT2D eigenvalue weighted by Gasteiger charge is 2.10. The summed E-state index contributed by atoms with van der Waals surface area (Å²) in [6.45, 7) is 8.06. The van der Waals surface area contributed by atoms with Crippen molar-refractivity contribution in [1.82, 2.24) is 9.80 Å². The van der Waals surface area contributed by atoms with Crippen molar-refractivity contribution in [2.24, 2.45) is 0 Å². The summed E-state index contributed by atoms with van der Waals surface area (Å²) in [7, 11) is 4.22. The molecule has 0 aliphatic carbocycles. The smallest absolute Gasteiger partial charge is 0.0667 e. The summed E-state index contributed by atoms with van der Waals surface area (Å²) in [6.07, 6.45) is 18.0. The summed E-state index contributed by atoms with van der Waals surface area (Å²) in [5, 5.41) is 20.4. The molecular formula is C25H54N2O2. The van der Waals surface area contributed by atoms with Crippen molar-refractivity contribution in [1.29, 1.82) is 0 Å². The fourth-order valence-corrected chi connectivity index (χ4v) is 4.02. The molecule has 0 rings (SSSR count). The molecule has 0 spiro atoms. The van der Waals surface area contributed by atoms with Gasteiger partial charge in [0, 0.05) is 13.1 Å². The van der Waals surface area contributed by atoms with Gasteiger partial charge in [-0.3, -0.25) is 0 Å². The minimum Gasteiger partial charge on any atom is -0.392 e. The van der Waals surface area contributed by atoms with Crippen LogP contribution in [-0.4, -0.2) is 72.5 Å². The van der Waals surface area contributed by atoms with Crippen LogP contribution in [-0.2, 0) is 0 Å². The third kappa shape index (κ3) is 20.9. The molecule has 0 saturated carbocycles. The Bertz CT molecular complexity index is 298. The van der Waals surface area contributed by atoms with Crippen molar-refractivity contribution >= 4 is 0 Å². The second-order valence-electron chi connectivity index (χ2n) is 9.30. The van der Waals surface area contributed by atoms with E-state index >= 15 is 0 Å². The summed E-state index contributed by atoms with van der Waals surface area (Å²) in [5.41, 5.74) is 0. The van der Waals surface area contributed by atoms with Crippen molar-refractivity contribution < 1.29 is 10.2 Å². The number of nitrogens with zero attached hydrogens (tertiary/aromatic N) is 2. The maximum absolute atomic E-state index is 10.2. The van der Waals surface area contributed by atoms with Crippen molar-refractivity contribution in [3.05, 3.63) is 0 Å². The molecule has 4 nitrogen and oxygen atoms in total. The first kappa shape index (κ1) is 28.8. The van der Waals surface area contributed by atoms with Gasteiger partial charge in [-0.2, -0.15) is 0 Å². The molecule has 0 aromatic rings. The molecule has 0 aromatic carbocycles. The van der Waals surface area contributed by atoms with Gasteiger partial charge in [-0.1, -0.05) is 90.9 Å². The molecule has 2 atom stereocenters. The monoisotopic (exact) mass is 414 g/mol. The zero-order valence-electron chi connectivity index (χ0n) is 20.4. The Morgan fingerprint density at radius 3 is 1.24 bits per heavy atom. The van der Waals surface area contributed by atoms with Crippen molar-refractivity contribution in [2.75, 3.05) is 40.3 Å². The Kier molecular flexibility index (Phi) is 21.0. The molecule has 0 heterocycles. The molecule has 0 radical (unpaired) electrons. The Labute approximate surface area is 183 Å². The van der Waals surface area contributed by atoms with Gasteiger partial charge in [-0.25, -0.2) is 0 Å². The van der Waals surface area contributed by atoms with Crippen molar-refractivity contribution in [3.8, 4) is 0 Å². The van der Waals surface area contributed by atoms with E-state index in [1.165, 1.54) is 64.2 Å². The first-order valence-corrected chi connectivity index (χ1v) is 12.7. The number of unbranched alkanes of at least 4 members (excludes halogenated alkanes) is 10.